The van der Waals surface area contributed by atoms with E-state index in [0.717, 1.165) is 6.42 Å². The summed E-state index contributed by atoms with van der Waals surface area (Å²) in [7, 11) is 0. The van der Waals surface area contributed by atoms with Crippen molar-refractivity contribution < 1.29 is 0 Å². The predicted octanol–water partition coefficient (Wildman–Crippen LogP) is 5.13. The minimum absolute atomic E-state index is 0.217. The molecular weight excluding hydrogens is 194 g/mol. The first-order valence-corrected chi connectivity index (χ1v) is 6.96. The van der Waals surface area contributed by atoms with Gasteiger partial charge in [0.05, 0.1) is 0 Å². The van der Waals surface area contributed by atoms with Gasteiger partial charge in [-0.2, -0.15) is 0 Å². The Hall–Kier alpha value is -0.300. The Bertz CT molecular complexity index is 165. The van der Waals surface area contributed by atoms with E-state index < -0.39 is 0 Å². The SMILES string of the molecule is CCC=CCCCCCCCCC(C)(C)[NH]. The van der Waals surface area contributed by atoms with Crippen LogP contribution in [0, 0.1) is 0 Å². The number of unbranched alkanes of at least 4 members (excludes halogenated alkanes) is 6. The van der Waals surface area contributed by atoms with Gasteiger partial charge in [0.2, 0.25) is 0 Å². The van der Waals surface area contributed by atoms with Gasteiger partial charge >= 0.3 is 0 Å². The van der Waals surface area contributed by atoms with E-state index in [4.69, 9.17) is 5.73 Å². The first-order valence-electron chi connectivity index (χ1n) is 6.96. The third kappa shape index (κ3) is 13.7. The summed E-state index contributed by atoms with van der Waals surface area (Å²) in [5.41, 5.74) is 7.52. The first kappa shape index (κ1) is 15.7. The molecule has 0 rings (SSSR count). The maximum Gasteiger partial charge on any atom is 0.0267 e. The quantitative estimate of drug-likeness (QED) is 0.362. The topological polar surface area (TPSA) is 23.8 Å². The van der Waals surface area contributed by atoms with Crippen LogP contribution in [-0.2, 0) is 0 Å². The predicted molar refractivity (Wildman–Crippen MR) is 73.5 cm³/mol. The van der Waals surface area contributed by atoms with Crippen molar-refractivity contribution in [3.8, 4) is 0 Å². The maximum absolute atomic E-state index is 7.73. The normalized spacial score (nSPS) is 12.5. The van der Waals surface area contributed by atoms with Crippen LogP contribution in [0.3, 0.4) is 0 Å². The molecule has 0 heterocycles. The molecule has 0 saturated heterocycles. The van der Waals surface area contributed by atoms with Crippen LogP contribution in [0.4, 0.5) is 0 Å². The fourth-order valence-corrected chi connectivity index (χ4v) is 1.82. The number of rotatable bonds is 10. The van der Waals surface area contributed by atoms with Crippen LogP contribution < -0.4 is 5.73 Å². The summed E-state index contributed by atoms with van der Waals surface area (Å²) < 4.78 is 0. The van der Waals surface area contributed by atoms with E-state index in [0.29, 0.717) is 0 Å². The van der Waals surface area contributed by atoms with Crippen LogP contribution in [0.15, 0.2) is 12.2 Å². The van der Waals surface area contributed by atoms with Crippen molar-refractivity contribution in [3.05, 3.63) is 12.2 Å². The van der Waals surface area contributed by atoms with Gasteiger partial charge in [-0.15, -0.1) is 0 Å². The highest BCUT2D eigenvalue weighted by atomic mass is 14.7. The van der Waals surface area contributed by atoms with Crippen molar-refractivity contribution in [2.45, 2.75) is 84.1 Å². The minimum atomic E-state index is -0.217. The second kappa shape index (κ2) is 9.89. The average molecular weight is 224 g/mol. The summed E-state index contributed by atoms with van der Waals surface area (Å²) in [5.74, 6) is 0. The average Bonchev–Trinajstić information content (AvgIpc) is 2.19. The lowest BCUT2D eigenvalue weighted by Gasteiger charge is -2.16. The summed E-state index contributed by atoms with van der Waals surface area (Å²) in [6, 6.07) is 0. The molecule has 16 heavy (non-hydrogen) atoms. The Balaban J connectivity index is 3.07. The second-order valence-corrected chi connectivity index (χ2v) is 5.42. The second-order valence-electron chi connectivity index (χ2n) is 5.42. The van der Waals surface area contributed by atoms with Gasteiger partial charge in [0.25, 0.3) is 0 Å². The van der Waals surface area contributed by atoms with E-state index in [1.54, 1.807) is 0 Å². The molecule has 0 unspecified atom stereocenters. The molecular formula is C15H30N. The molecule has 0 saturated carbocycles. The largest absolute Gasteiger partial charge is 0.252 e. The van der Waals surface area contributed by atoms with E-state index in [1.165, 1.54) is 51.4 Å². The van der Waals surface area contributed by atoms with Gasteiger partial charge in [-0.05, 0) is 39.5 Å². The lowest BCUT2D eigenvalue weighted by molar-refractivity contribution is 0.428. The maximum atomic E-state index is 7.73. The third-order valence-corrected chi connectivity index (χ3v) is 2.82. The molecule has 0 fully saturated rings. The molecule has 0 amide bonds. The highest BCUT2D eigenvalue weighted by molar-refractivity contribution is 4.79. The zero-order chi connectivity index (χ0) is 12.3. The molecule has 0 aromatic heterocycles. The summed E-state index contributed by atoms with van der Waals surface area (Å²) in [5, 5.41) is 0. The molecule has 0 aliphatic heterocycles. The summed E-state index contributed by atoms with van der Waals surface area (Å²) >= 11 is 0. The summed E-state index contributed by atoms with van der Waals surface area (Å²) in [4.78, 5) is 0. The van der Waals surface area contributed by atoms with Crippen molar-refractivity contribution in [2.75, 3.05) is 0 Å². The Labute approximate surface area is 102 Å². The molecule has 1 N–H and O–H groups in total. The van der Waals surface area contributed by atoms with E-state index in [9.17, 15) is 0 Å². The van der Waals surface area contributed by atoms with E-state index >= 15 is 0 Å². The summed E-state index contributed by atoms with van der Waals surface area (Å²) in [6.45, 7) is 6.20. The van der Waals surface area contributed by atoms with E-state index in [2.05, 4.69) is 19.1 Å². The summed E-state index contributed by atoms with van der Waals surface area (Å²) in [6.07, 6.45) is 16.0. The molecule has 1 radical (unpaired) electrons. The molecule has 1 nitrogen and oxygen atoms in total. The zero-order valence-electron chi connectivity index (χ0n) is 11.5. The number of nitrogens with one attached hydrogen (secondary N) is 1. The van der Waals surface area contributed by atoms with Gasteiger partial charge in [-0.1, -0.05) is 51.2 Å². The fourth-order valence-electron chi connectivity index (χ4n) is 1.82. The van der Waals surface area contributed by atoms with Crippen molar-refractivity contribution in [1.29, 1.82) is 0 Å². The number of allylic oxidation sites excluding steroid dienone is 2. The Morgan fingerprint density at radius 1 is 0.875 bits per heavy atom. The van der Waals surface area contributed by atoms with Crippen LogP contribution in [0.25, 0.3) is 0 Å². The zero-order valence-corrected chi connectivity index (χ0v) is 11.5. The van der Waals surface area contributed by atoms with Gasteiger partial charge in [-0.3, -0.25) is 5.73 Å². The van der Waals surface area contributed by atoms with Crippen LogP contribution in [-0.4, -0.2) is 5.54 Å². The van der Waals surface area contributed by atoms with E-state index in [-0.39, 0.29) is 5.54 Å². The molecule has 0 aliphatic rings. The van der Waals surface area contributed by atoms with Crippen LogP contribution in [0.1, 0.15) is 78.6 Å². The van der Waals surface area contributed by atoms with Crippen LogP contribution in [0.2, 0.25) is 0 Å². The standard InChI is InChI=1S/C15H30N/c1-4-5-6-7-8-9-10-11-12-13-14-15(2,3)16/h5-6,16H,4,7-14H2,1-3H3. The molecule has 0 aliphatic carbocycles. The fraction of sp³-hybridized carbons (Fsp3) is 0.867. The van der Waals surface area contributed by atoms with Gasteiger partial charge in [0.1, 0.15) is 0 Å². The van der Waals surface area contributed by atoms with Crippen molar-refractivity contribution in [2.24, 2.45) is 0 Å². The molecule has 1 heteroatoms. The number of hydrogen-bond acceptors (Lipinski definition) is 0. The Kier molecular flexibility index (Phi) is 9.71. The van der Waals surface area contributed by atoms with Crippen LogP contribution >= 0.6 is 0 Å². The molecule has 95 valence electrons. The molecule has 0 spiro atoms. The monoisotopic (exact) mass is 224 g/mol. The van der Waals surface area contributed by atoms with Crippen molar-refractivity contribution >= 4 is 0 Å². The van der Waals surface area contributed by atoms with Gasteiger partial charge in [0, 0.05) is 5.54 Å². The molecule has 0 bridgehead atoms. The smallest absolute Gasteiger partial charge is 0.0267 e. The third-order valence-electron chi connectivity index (χ3n) is 2.82. The van der Waals surface area contributed by atoms with E-state index in [1.807, 2.05) is 13.8 Å². The van der Waals surface area contributed by atoms with Gasteiger partial charge < -0.3 is 0 Å². The number of hydrogen-bond donors (Lipinski definition) is 0. The van der Waals surface area contributed by atoms with Gasteiger partial charge in [0.15, 0.2) is 0 Å². The molecule has 0 aromatic rings. The lowest BCUT2D eigenvalue weighted by atomic mass is 9.97. The lowest BCUT2D eigenvalue weighted by Crippen LogP contribution is -2.20. The Morgan fingerprint density at radius 2 is 1.44 bits per heavy atom. The van der Waals surface area contributed by atoms with Crippen LogP contribution in [0.5, 0.6) is 0 Å². The molecule has 0 atom stereocenters. The molecule has 0 aromatic carbocycles. The highest BCUT2D eigenvalue weighted by Crippen LogP contribution is 2.14. The van der Waals surface area contributed by atoms with Crippen molar-refractivity contribution in [1.82, 2.24) is 5.73 Å². The van der Waals surface area contributed by atoms with Gasteiger partial charge in [-0.25, -0.2) is 0 Å². The first-order chi connectivity index (χ1) is 7.56. The minimum Gasteiger partial charge on any atom is -0.252 e. The Morgan fingerprint density at radius 3 is 2.00 bits per heavy atom. The van der Waals surface area contributed by atoms with Crippen molar-refractivity contribution in [3.63, 3.8) is 0 Å². The highest BCUT2D eigenvalue weighted by Gasteiger charge is 2.09.